The van der Waals surface area contributed by atoms with Crippen molar-refractivity contribution in [2.24, 2.45) is 5.92 Å². The van der Waals surface area contributed by atoms with Gasteiger partial charge in [0.15, 0.2) is 0 Å². The average Bonchev–Trinajstić information content (AvgIpc) is 2.40. The second kappa shape index (κ2) is 5.65. The van der Waals surface area contributed by atoms with E-state index < -0.39 is 0 Å². The molecule has 1 atom stereocenters. The Morgan fingerprint density at radius 2 is 2.47 bits per heavy atom. The van der Waals surface area contributed by atoms with E-state index in [4.69, 9.17) is 5.26 Å². The van der Waals surface area contributed by atoms with Crippen molar-refractivity contribution in [2.45, 2.75) is 12.8 Å². The second-order valence-electron chi connectivity index (χ2n) is 4.50. The van der Waals surface area contributed by atoms with Gasteiger partial charge in [0, 0.05) is 13.1 Å². The lowest BCUT2D eigenvalue weighted by molar-refractivity contribution is 0.401. The number of anilines is 1. The van der Waals surface area contributed by atoms with Gasteiger partial charge in [-0.2, -0.15) is 5.26 Å². The van der Waals surface area contributed by atoms with Gasteiger partial charge in [-0.05, 0) is 44.5 Å². The van der Waals surface area contributed by atoms with Crippen molar-refractivity contribution in [1.29, 1.82) is 5.26 Å². The zero-order valence-corrected chi connectivity index (χ0v) is 10.2. The molecule has 0 aromatic carbocycles. The van der Waals surface area contributed by atoms with E-state index in [1.54, 1.807) is 6.07 Å². The lowest BCUT2D eigenvalue weighted by atomic mass is 9.98. The van der Waals surface area contributed by atoms with Gasteiger partial charge in [-0.15, -0.1) is 0 Å². The molecule has 1 aromatic rings. The Bertz CT molecular complexity index is 408. The van der Waals surface area contributed by atoms with Gasteiger partial charge >= 0.3 is 0 Å². The van der Waals surface area contributed by atoms with Crippen LogP contribution in [0.4, 0.5) is 5.82 Å². The van der Waals surface area contributed by atoms with E-state index in [2.05, 4.69) is 21.3 Å². The summed E-state index contributed by atoms with van der Waals surface area (Å²) in [5, 5.41) is 12.1. The van der Waals surface area contributed by atoms with Crippen LogP contribution in [0.1, 0.15) is 18.5 Å². The van der Waals surface area contributed by atoms with E-state index >= 15 is 0 Å². The fraction of sp³-hybridized carbons (Fsp3) is 0.538. The molecular formula is C13H18N4. The topological polar surface area (TPSA) is 52.0 Å². The number of nitrogens with one attached hydrogen (secondary N) is 1. The van der Waals surface area contributed by atoms with Gasteiger partial charge in [-0.1, -0.05) is 6.07 Å². The smallest absolute Gasteiger partial charge is 0.142 e. The summed E-state index contributed by atoms with van der Waals surface area (Å²) in [7, 11) is 1.99. The molecule has 90 valence electrons. The lowest BCUT2D eigenvalue weighted by Gasteiger charge is -2.33. The average molecular weight is 230 g/mol. The lowest BCUT2D eigenvalue weighted by Crippen LogP contribution is -2.39. The van der Waals surface area contributed by atoms with Crippen LogP contribution in [0.25, 0.3) is 0 Å². The number of hydrogen-bond acceptors (Lipinski definition) is 4. The quantitative estimate of drug-likeness (QED) is 0.852. The molecule has 4 heteroatoms. The van der Waals surface area contributed by atoms with Crippen LogP contribution in [0.15, 0.2) is 18.2 Å². The van der Waals surface area contributed by atoms with E-state index in [0.717, 1.165) is 25.5 Å². The molecule has 1 aliphatic heterocycles. The summed E-state index contributed by atoms with van der Waals surface area (Å²) >= 11 is 0. The first-order chi connectivity index (χ1) is 8.33. The Kier molecular flexibility index (Phi) is 3.94. The number of hydrogen-bond donors (Lipinski definition) is 1. The molecular weight excluding hydrogens is 212 g/mol. The summed E-state index contributed by atoms with van der Waals surface area (Å²) < 4.78 is 0. The Labute approximate surface area is 102 Å². The summed E-state index contributed by atoms with van der Waals surface area (Å²) in [6, 6.07) is 7.74. The standard InChI is InChI=1S/C13H18N4/c1-15-9-11-4-3-7-17(10-11)13-6-2-5-12(8-14)16-13/h2,5-6,11,15H,3-4,7,9-10H2,1H3. The van der Waals surface area contributed by atoms with Crippen LogP contribution in [0, 0.1) is 17.2 Å². The maximum atomic E-state index is 8.86. The minimum atomic E-state index is 0.498. The predicted octanol–water partition coefficient (Wildman–Crippen LogP) is 1.39. The van der Waals surface area contributed by atoms with Gasteiger partial charge in [-0.25, -0.2) is 4.98 Å². The first-order valence-electron chi connectivity index (χ1n) is 6.10. The Morgan fingerprint density at radius 1 is 1.59 bits per heavy atom. The minimum Gasteiger partial charge on any atom is -0.356 e. The Hall–Kier alpha value is -1.60. The summed E-state index contributed by atoms with van der Waals surface area (Å²) in [5.41, 5.74) is 0.498. The molecule has 2 heterocycles. The predicted molar refractivity (Wildman–Crippen MR) is 67.8 cm³/mol. The summed E-state index contributed by atoms with van der Waals surface area (Å²) in [5.74, 6) is 1.62. The van der Waals surface area contributed by atoms with Crippen LogP contribution in [0.3, 0.4) is 0 Å². The normalized spacial score (nSPS) is 20.0. The van der Waals surface area contributed by atoms with Gasteiger partial charge in [-0.3, -0.25) is 0 Å². The van der Waals surface area contributed by atoms with Crippen molar-refractivity contribution < 1.29 is 0 Å². The highest BCUT2D eigenvalue weighted by atomic mass is 15.2. The molecule has 0 aliphatic carbocycles. The largest absolute Gasteiger partial charge is 0.356 e. The highest BCUT2D eigenvalue weighted by Crippen LogP contribution is 2.21. The molecule has 1 aliphatic rings. The van der Waals surface area contributed by atoms with Crippen LogP contribution < -0.4 is 10.2 Å². The first kappa shape index (κ1) is 11.9. The molecule has 0 amide bonds. The fourth-order valence-electron chi connectivity index (χ4n) is 2.39. The van der Waals surface area contributed by atoms with Crippen LogP contribution in [-0.2, 0) is 0 Å². The van der Waals surface area contributed by atoms with Crippen molar-refractivity contribution in [3.8, 4) is 6.07 Å². The molecule has 4 nitrogen and oxygen atoms in total. The fourth-order valence-corrected chi connectivity index (χ4v) is 2.39. The maximum Gasteiger partial charge on any atom is 0.142 e. The third-order valence-electron chi connectivity index (χ3n) is 3.18. The van der Waals surface area contributed by atoms with Crippen LogP contribution in [-0.4, -0.2) is 31.7 Å². The Morgan fingerprint density at radius 3 is 3.24 bits per heavy atom. The van der Waals surface area contributed by atoms with Crippen molar-refractivity contribution in [3.05, 3.63) is 23.9 Å². The number of piperidine rings is 1. The van der Waals surface area contributed by atoms with E-state index in [-0.39, 0.29) is 0 Å². The molecule has 1 N–H and O–H groups in total. The summed E-state index contributed by atoms with van der Waals surface area (Å²) in [4.78, 5) is 6.64. The van der Waals surface area contributed by atoms with E-state index in [0.29, 0.717) is 11.6 Å². The molecule has 0 saturated carbocycles. The minimum absolute atomic E-state index is 0.498. The third-order valence-corrected chi connectivity index (χ3v) is 3.18. The molecule has 0 bridgehead atoms. The zero-order valence-electron chi connectivity index (χ0n) is 10.2. The van der Waals surface area contributed by atoms with Crippen molar-refractivity contribution in [2.75, 3.05) is 31.6 Å². The number of nitriles is 1. The number of pyridine rings is 1. The first-order valence-corrected chi connectivity index (χ1v) is 6.10. The van der Waals surface area contributed by atoms with Crippen LogP contribution in [0.2, 0.25) is 0 Å². The zero-order chi connectivity index (χ0) is 12.1. The third kappa shape index (κ3) is 2.95. The molecule has 17 heavy (non-hydrogen) atoms. The van der Waals surface area contributed by atoms with Gasteiger partial charge in [0.05, 0.1) is 0 Å². The van der Waals surface area contributed by atoms with Crippen molar-refractivity contribution in [3.63, 3.8) is 0 Å². The van der Waals surface area contributed by atoms with E-state index in [1.165, 1.54) is 12.8 Å². The summed E-state index contributed by atoms with van der Waals surface area (Å²) in [6.07, 6.45) is 2.47. The highest BCUT2D eigenvalue weighted by Gasteiger charge is 2.20. The molecule has 1 fully saturated rings. The molecule has 1 unspecified atom stereocenters. The van der Waals surface area contributed by atoms with Crippen LogP contribution >= 0.6 is 0 Å². The second-order valence-corrected chi connectivity index (χ2v) is 4.50. The molecule has 2 rings (SSSR count). The molecule has 1 saturated heterocycles. The van der Waals surface area contributed by atoms with Crippen molar-refractivity contribution >= 4 is 5.82 Å². The van der Waals surface area contributed by atoms with E-state index in [1.807, 2.05) is 19.2 Å². The van der Waals surface area contributed by atoms with Gasteiger partial charge < -0.3 is 10.2 Å². The summed E-state index contributed by atoms with van der Waals surface area (Å²) in [6.45, 7) is 3.12. The van der Waals surface area contributed by atoms with E-state index in [9.17, 15) is 0 Å². The maximum absolute atomic E-state index is 8.86. The SMILES string of the molecule is CNCC1CCCN(c2cccc(C#N)n2)C1. The number of nitrogens with zero attached hydrogens (tertiary/aromatic N) is 3. The van der Waals surface area contributed by atoms with Crippen molar-refractivity contribution in [1.82, 2.24) is 10.3 Å². The molecule has 0 radical (unpaired) electrons. The number of aromatic nitrogens is 1. The van der Waals surface area contributed by atoms with Gasteiger partial charge in [0.2, 0.25) is 0 Å². The van der Waals surface area contributed by atoms with Gasteiger partial charge in [0.1, 0.15) is 17.6 Å². The van der Waals surface area contributed by atoms with Crippen LogP contribution in [0.5, 0.6) is 0 Å². The monoisotopic (exact) mass is 230 g/mol. The van der Waals surface area contributed by atoms with Gasteiger partial charge in [0.25, 0.3) is 0 Å². The molecule has 0 spiro atoms. The number of rotatable bonds is 3. The highest BCUT2D eigenvalue weighted by molar-refractivity contribution is 5.42. The molecule has 1 aromatic heterocycles. The Balaban J connectivity index is 2.08.